The van der Waals surface area contributed by atoms with Crippen molar-refractivity contribution in [2.24, 2.45) is 0 Å². The van der Waals surface area contributed by atoms with Crippen LogP contribution in [0.4, 0.5) is 0 Å². The molecule has 28 aromatic rings. The third-order valence-corrected chi connectivity index (χ3v) is 32.6. The second-order valence-corrected chi connectivity index (χ2v) is 41.2. The van der Waals surface area contributed by atoms with Gasteiger partial charge in [0.1, 0.15) is 11.2 Å². The number of furan rings is 1. The van der Waals surface area contributed by atoms with Crippen LogP contribution in [0.1, 0.15) is 22.3 Å². The Bertz CT molecular complexity index is 9790. The largest absolute Gasteiger partial charge is 0.456 e. The van der Waals surface area contributed by atoms with Crippen LogP contribution in [0.15, 0.2) is 508 Å². The number of thiophene rings is 4. The molecule has 0 saturated heterocycles. The molecule has 0 N–H and O–H groups in total. The molecular weight excluding hydrogens is 1880 g/mol. The van der Waals surface area contributed by atoms with Crippen molar-refractivity contribution in [2.75, 3.05) is 0 Å². The summed E-state index contributed by atoms with van der Waals surface area (Å²) < 4.78 is 12.4. The first kappa shape index (κ1) is 88.5. The molecule has 0 unspecified atom stereocenters. The van der Waals surface area contributed by atoms with Crippen molar-refractivity contribution in [3.8, 4) is 167 Å². The predicted octanol–water partition coefficient (Wildman–Crippen LogP) is 36.4. The van der Waals surface area contributed by atoms with Crippen LogP contribution in [0.2, 0.25) is 0 Å². The Kier molecular flexibility index (Phi) is 22.8. The summed E-state index contributed by atoms with van der Waals surface area (Å²) >= 11 is 7.22. The van der Waals surface area contributed by atoms with Gasteiger partial charge in [0.2, 0.25) is 0 Å². The first-order valence-corrected chi connectivity index (χ1v) is 52.6. The lowest BCUT2D eigenvalue weighted by Crippen LogP contribution is -2.28. The summed E-state index contributed by atoms with van der Waals surface area (Å²) in [7, 11) is 0. The van der Waals surface area contributed by atoms with E-state index in [9.17, 15) is 0 Å². The van der Waals surface area contributed by atoms with E-state index in [1.807, 2.05) is 65.1 Å². The number of aromatic nitrogens is 9. The minimum absolute atomic E-state index is 0.524. The molecule has 0 spiro atoms. The van der Waals surface area contributed by atoms with Crippen LogP contribution < -0.4 is 0 Å². The van der Waals surface area contributed by atoms with Crippen molar-refractivity contribution in [3.05, 3.63) is 526 Å². The number of para-hydroxylation sites is 1. The maximum absolute atomic E-state index is 6.10. The summed E-state index contributed by atoms with van der Waals surface area (Å²) in [5.41, 5.74) is 25.2. The number of hydrogen-bond acceptors (Lipinski definition) is 14. The van der Waals surface area contributed by atoms with Gasteiger partial charge in [-0.2, -0.15) is 0 Å². The van der Waals surface area contributed by atoms with Crippen LogP contribution in [0.5, 0.6) is 0 Å². The van der Waals surface area contributed by atoms with Gasteiger partial charge in [-0.3, -0.25) is 0 Å². The molecule has 29 rings (SSSR count). The van der Waals surface area contributed by atoms with Gasteiger partial charge in [-0.25, -0.2) is 44.9 Å². The lowest BCUT2D eigenvalue weighted by atomic mass is 9.67. The van der Waals surface area contributed by atoms with Crippen molar-refractivity contribution in [1.29, 1.82) is 0 Å². The highest BCUT2D eigenvalue weighted by molar-refractivity contribution is 7.26. The van der Waals surface area contributed by atoms with Crippen molar-refractivity contribution in [3.63, 3.8) is 0 Å². The van der Waals surface area contributed by atoms with E-state index in [4.69, 9.17) is 49.3 Å². The zero-order chi connectivity index (χ0) is 98.0. The molecular formula is C134H83N9OS4. The summed E-state index contributed by atoms with van der Waals surface area (Å²) in [6.07, 6.45) is 0. The lowest BCUT2D eigenvalue weighted by Gasteiger charge is -2.34. The maximum atomic E-state index is 6.10. The van der Waals surface area contributed by atoms with Gasteiger partial charge in [0, 0.05) is 110 Å². The standard InChI is InChI=1S/C52H33N3S.C41H25N3OS.C41H25N3S2/c1-3-16-41(17-4-1)52(42-18-5-2-6-19-42)45-21-11-10-20-43(45)44-30-29-40(32-46(44)52)51-54-49(53-50(55-51)39-28-23-34-13-7-8-14-37(34)31-39)36-26-24-35(25-27-36)48-33-38-15-9-12-22-47(38)56-48;1-2-9-26(10-3-1)29-12-8-13-31(23-29)40-42-39(28-19-17-27(18-20-28)38-25-30-11-4-7-16-37(30)46-38)43-41(44-40)32-21-22-36-34(24-32)33-14-5-6-15-35(33)45-36;1-2-10-26(11-3-1)29-13-8-14-31(24-29)40-42-39(28-22-20-27(21-23-28)37-25-30-12-4-6-18-35(30)45-37)43-41(44-40)34-17-9-16-33-32-15-5-7-19-36(32)46-38(33)34/h1-33H;2*1-25H. The quantitative estimate of drug-likeness (QED) is 0.0922. The number of hydrogen-bond donors (Lipinski definition) is 0. The van der Waals surface area contributed by atoms with Crippen LogP contribution in [-0.2, 0) is 5.41 Å². The average molecular weight is 1960 g/mol. The summed E-state index contributed by atoms with van der Waals surface area (Å²) in [5.74, 6) is 5.79. The highest BCUT2D eigenvalue weighted by atomic mass is 32.1. The Balaban J connectivity index is 0.000000110. The van der Waals surface area contributed by atoms with Crippen LogP contribution in [0.3, 0.4) is 0 Å². The monoisotopic (exact) mass is 1960 g/mol. The first-order chi connectivity index (χ1) is 73.2. The number of nitrogens with zero attached hydrogens (tertiary/aromatic N) is 9. The number of benzene rings is 20. The topological polar surface area (TPSA) is 129 Å². The zero-order valence-corrected chi connectivity index (χ0v) is 82.8. The van der Waals surface area contributed by atoms with E-state index in [-0.39, 0.29) is 0 Å². The fourth-order valence-corrected chi connectivity index (χ4v) is 25.1. The number of rotatable bonds is 16. The molecule has 0 radical (unpaired) electrons. The summed E-state index contributed by atoms with van der Waals surface area (Å²) in [5, 5.41) is 10.7. The maximum Gasteiger partial charge on any atom is 0.165 e. The molecule has 694 valence electrons. The fourth-order valence-electron chi connectivity index (χ4n) is 20.6. The van der Waals surface area contributed by atoms with E-state index in [0.29, 0.717) is 52.4 Å². The third kappa shape index (κ3) is 16.7. The molecule has 0 atom stereocenters. The van der Waals surface area contributed by atoms with Gasteiger partial charge in [0.15, 0.2) is 52.4 Å². The van der Waals surface area contributed by atoms with Crippen molar-refractivity contribution < 1.29 is 4.42 Å². The molecule has 1 aliphatic rings. The van der Waals surface area contributed by atoms with Crippen molar-refractivity contribution in [1.82, 2.24) is 44.9 Å². The molecule has 1 aliphatic carbocycles. The molecule has 0 saturated carbocycles. The van der Waals surface area contributed by atoms with Gasteiger partial charge in [-0.1, -0.05) is 406 Å². The van der Waals surface area contributed by atoms with E-state index < -0.39 is 5.41 Å². The molecule has 20 aromatic carbocycles. The van der Waals surface area contributed by atoms with Crippen molar-refractivity contribution in [2.45, 2.75) is 5.41 Å². The van der Waals surface area contributed by atoms with E-state index in [1.54, 1.807) is 22.7 Å². The van der Waals surface area contributed by atoms with Gasteiger partial charge in [0.25, 0.3) is 0 Å². The van der Waals surface area contributed by atoms with E-state index in [0.717, 1.165) is 99.6 Å². The minimum Gasteiger partial charge on any atom is -0.456 e. The normalized spacial score (nSPS) is 12.0. The smallest absolute Gasteiger partial charge is 0.165 e. The molecule has 8 heterocycles. The Morgan fingerprint density at radius 2 is 0.493 bits per heavy atom. The van der Waals surface area contributed by atoms with Gasteiger partial charge >= 0.3 is 0 Å². The molecule has 0 fully saturated rings. The summed E-state index contributed by atoms with van der Waals surface area (Å²) in [4.78, 5) is 49.8. The molecule has 0 aliphatic heterocycles. The van der Waals surface area contributed by atoms with Crippen LogP contribution >= 0.6 is 45.3 Å². The van der Waals surface area contributed by atoms with E-state index >= 15 is 0 Å². The highest BCUT2D eigenvalue weighted by Gasteiger charge is 2.46. The Hall–Kier alpha value is -18.4. The Morgan fingerprint density at radius 1 is 0.162 bits per heavy atom. The van der Waals surface area contributed by atoms with E-state index in [1.165, 1.54) is 121 Å². The first-order valence-electron chi connectivity index (χ1n) is 49.3. The molecule has 0 amide bonds. The average Bonchev–Trinajstić information content (AvgIpc) is 1.53. The molecule has 14 heteroatoms. The van der Waals surface area contributed by atoms with Crippen LogP contribution in [0.25, 0.3) is 250 Å². The van der Waals surface area contributed by atoms with Gasteiger partial charge in [0.05, 0.1) is 5.41 Å². The molecule has 0 bridgehead atoms. The third-order valence-electron chi connectivity index (χ3n) is 27.9. The minimum atomic E-state index is -0.524. The molecule has 148 heavy (non-hydrogen) atoms. The highest BCUT2D eigenvalue weighted by Crippen LogP contribution is 2.57. The van der Waals surface area contributed by atoms with Crippen LogP contribution in [-0.4, -0.2) is 44.9 Å². The van der Waals surface area contributed by atoms with E-state index in [2.05, 4.69) is 461 Å². The van der Waals surface area contributed by atoms with Crippen LogP contribution in [0, 0.1) is 0 Å². The molecule has 10 nitrogen and oxygen atoms in total. The Morgan fingerprint density at radius 3 is 1.00 bits per heavy atom. The van der Waals surface area contributed by atoms with Crippen molar-refractivity contribution >= 4 is 128 Å². The second-order valence-electron chi connectivity index (χ2n) is 36.9. The Labute approximate surface area is 869 Å². The number of fused-ring (bicyclic) bond motifs is 13. The SMILES string of the molecule is c1ccc(-c2cccc(-c3nc(-c4ccc(-c5cc6ccccc6s5)cc4)nc(-c4ccc5oc6ccccc6c5c4)n3)c2)cc1.c1ccc(-c2cccc(-c3nc(-c4ccc(-c5cc6ccccc6s5)cc4)nc(-c4cccc5c4sc4ccccc45)n3)c2)cc1.c1ccc(C2(c3ccccc3)c3ccccc3-c3ccc(-c4nc(-c5ccc(-c6cc7ccccc7s6)cc5)nc(-c5ccc6ccccc6c5)n4)cc32)cc1. The predicted molar refractivity (Wildman–Crippen MR) is 617 cm³/mol. The lowest BCUT2D eigenvalue weighted by molar-refractivity contribution is 0.669. The van der Waals surface area contributed by atoms with Gasteiger partial charge in [-0.05, 0) is 196 Å². The summed E-state index contributed by atoms with van der Waals surface area (Å²) in [6.45, 7) is 0. The van der Waals surface area contributed by atoms with Gasteiger partial charge in [-0.15, -0.1) is 45.3 Å². The summed E-state index contributed by atoms with van der Waals surface area (Å²) in [6, 6.07) is 177. The van der Waals surface area contributed by atoms with Gasteiger partial charge < -0.3 is 4.42 Å². The zero-order valence-electron chi connectivity index (χ0n) is 79.5. The fraction of sp³-hybridized carbons (Fsp3) is 0.00746. The second kappa shape index (κ2) is 38.0. The molecule has 8 aromatic heterocycles.